The zero-order valence-electron chi connectivity index (χ0n) is 26.3. The van der Waals surface area contributed by atoms with Crippen molar-refractivity contribution in [2.24, 2.45) is 0 Å². The third-order valence-corrected chi connectivity index (χ3v) is 9.28. The van der Waals surface area contributed by atoms with Crippen molar-refractivity contribution in [2.45, 2.75) is 0 Å². The molecule has 0 fully saturated rings. The van der Waals surface area contributed by atoms with Gasteiger partial charge >= 0.3 is 0 Å². The summed E-state index contributed by atoms with van der Waals surface area (Å²) < 4.78 is 6.62. The van der Waals surface area contributed by atoms with Gasteiger partial charge in [0.25, 0.3) is 0 Å². The maximum atomic E-state index is 6.62. The zero-order valence-corrected chi connectivity index (χ0v) is 26.3. The molecule has 0 saturated heterocycles. The molecule has 0 amide bonds. The second-order valence-corrected chi connectivity index (χ2v) is 12.1. The van der Waals surface area contributed by atoms with Crippen LogP contribution in [0.2, 0.25) is 0 Å². The molecule has 0 radical (unpaired) electrons. The fraction of sp³-hybridized carbons (Fsp3) is 0. The van der Waals surface area contributed by atoms with Crippen molar-refractivity contribution >= 4 is 49.8 Å². The molecule has 0 spiro atoms. The first kappa shape index (κ1) is 27.9. The summed E-state index contributed by atoms with van der Waals surface area (Å²) in [7, 11) is 0. The van der Waals surface area contributed by atoms with Crippen LogP contribution in [0.3, 0.4) is 0 Å². The molecule has 1 heterocycles. The molecular weight excluding hydrogens is 583 g/mol. The normalized spacial score (nSPS) is 11.3. The lowest BCUT2D eigenvalue weighted by atomic mass is 9.95. The molecule has 1 aromatic heterocycles. The Kier molecular flexibility index (Phi) is 6.84. The van der Waals surface area contributed by atoms with E-state index in [2.05, 4.69) is 193 Å². The summed E-state index contributed by atoms with van der Waals surface area (Å²) in [5.74, 6) is 0. The molecule has 0 saturated carbocycles. The lowest BCUT2D eigenvalue weighted by molar-refractivity contribution is 0.673. The predicted molar refractivity (Wildman–Crippen MR) is 202 cm³/mol. The van der Waals surface area contributed by atoms with E-state index in [0.29, 0.717) is 0 Å². The van der Waals surface area contributed by atoms with Gasteiger partial charge in [-0.15, -0.1) is 0 Å². The van der Waals surface area contributed by atoms with Gasteiger partial charge in [0.05, 0.1) is 11.4 Å². The summed E-state index contributed by atoms with van der Waals surface area (Å²) in [5, 5.41) is 4.55. The summed E-state index contributed by atoms with van der Waals surface area (Å²) in [6.45, 7) is 0. The van der Waals surface area contributed by atoms with Crippen LogP contribution in [-0.2, 0) is 0 Å². The number of fused-ring (bicyclic) bond motifs is 5. The SMILES string of the molecule is c1ccc(-c2ccc(N(c3ccccc3-c3ccccc3)c3ccccc3-c3cccc4oc5c6ccccc6ccc5c34)cc2)cc1. The molecule has 0 bridgehead atoms. The number of hydrogen-bond acceptors (Lipinski definition) is 2. The first-order valence-corrected chi connectivity index (χ1v) is 16.4. The topological polar surface area (TPSA) is 16.4 Å². The fourth-order valence-corrected chi connectivity index (χ4v) is 7.05. The van der Waals surface area contributed by atoms with Crippen molar-refractivity contribution in [2.75, 3.05) is 4.90 Å². The largest absolute Gasteiger partial charge is 0.455 e. The quantitative estimate of drug-likeness (QED) is 0.185. The van der Waals surface area contributed by atoms with Crippen LogP contribution in [0.4, 0.5) is 17.1 Å². The third kappa shape index (κ3) is 4.74. The molecule has 0 N–H and O–H groups in total. The van der Waals surface area contributed by atoms with Crippen molar-refractivity contribution in [1.82, 2.24) is 0 Å². The molecule has 2 nitrogen and oxygen atoms in total. The van der Waals surface area contributed by atoms with Gasteiger partial charge < -0.3 is 9.32 Å². The van der Waals surface area contributed by atoms with Gasteiger partial charge in [-0.2, -0.15) is 0 Å². The van der Waals surface area contributed by atoms with Crippen LogP contribution in [-0.4, -0.2) is 0 Å². The van der Waals surface area contributed by atoms with E-state index in [1.165, 1.54) is 27.6 Å². The predicted octanol–water partition coefficient (Wildman–Crippen LogP) is 13.2. The number of anilines is 3. The van der Waals surface area contributed by atoms with Gasteiger partial charge in [0, 0.05) is 33.0 Å². The van der Waals surface area contributed by atoms with E-state index in [9.17, 15) is 0 Å². The van der Waals surface area contributed by atoms with Gasteiger partial charge in [-0.25, -0.2) is 0 Å². The number of nitrogens with zero attached hydrogens (tertiary/aromatic N) is 1. The highest BCUT2D eigenvalue weighted by molar-refractivity contribution is 6.19. The van der Waals surface area contributed by atoms with Crippen LogP contribution in [0.15, 0.2) is 192 Å². The van der Waals surface area contributed by atoms with Crippen LogP contribution in [0.25, 0.3) is 66.1 Å². The van der Waals surface area contributed by atoms with E-state index in [-0.39, 0.29) is 0 Å². The number of benzene rings is 8. The summed E-state index contributed by atoms with van der Waals surface area (Å²) in [4.78, 5) is 2.41. The van der Waals surface area contributed by atoms with Crippen LogP contribution in [0, 0.1) is 0 Å². The minimum absolute atomic E-state index is 0.886. The number of furan rings is 1. The summed E-state index contributed by atoms with van der Waals surface area (Å²) in [6, 6.07) is 66.8. The number of hydrogen-bond donors (Lipinski definition) is 0. The fourth-order valence-electron chi connectivity index (χ4n) is 7.05. The van der Waals surface area contributed by atoms with Crippen molar-refractivity contribution < 1.29 is 4.42 Å². The van der Waals surface area contributed by atoms with Gasteiger partial charge in [0.2, 0.25) is 0 Å². The highest BCUT2D eigenvalue weighted by Crippen LogP contribution is 2.47. The van der Waals surface area contributed by atoms with E-state index in [4.69, 9.17) is 4.42 Å². The molecule has 0 aliphatic heterocycles. The molecule has 9 rings (SSSR count). The summed E-state index contributed by atoms with van der Waals surface area (Å²) in [6.07, 6.45) is 0. The Morgan fingerprint density at radius 2 is 0.938 bits per heavy atom. The van der Waals surface area contributed by atoms with Gasteiger partial charge in [0.1, 0.15) is 11.2 Å². The smallest absolute Gasteiger partial charge is 0.143 e. The average molecular weight is 614 g/mol. The van der Waals surface area contributed by atoms with Crippen molar-refractivity contribution in [3.05, 3.63) is 188 Å². The van der Waals surface area contributed by atoms with Gasteiger partial charge in [0.15, 0.2) is 0 Å². The maximum Gasteiger partial charge on any atom is 0.143 e. The standard InChI is InChI=1S/C46H31NO/c1-3-14-32(15-4-1)33-26-29-36(30-27-33)47(42-23-11-9-19-37(42)34-16-5-2-6-17-34)43-24-12-10-21-39(43)40-22-13-25-44-45(40)41-31-28-35-18-7-8-20-38(35)46(41)48-44/h1-31H. The second kappa shape index (κ2) is 11.8. The van der Waals surface area contributed by atoms with Crippen LogP contribution >= 0.6 is 0 Å². The lowest BCUT2D eigenvalue weighted by Gasteiger charge is -2.30. The molecule has 226 valence electrons. The van der Waals surface area contributed by atoms with Gasteiger partial charge in [-0.05, 0) is 64.0 Å². The first-order chi connectivity index (χ1) is 23.8. The average Bonchev–Trinajstić information content (AvgIpc) is 3.56. The number of para-hydroxylation sites is 2. The summed E-state index contributed by atoms with van der Waals surface area (Å²) >= 11 is 0. The van der Waals surface area contributed by atoms with E-state index < -0.39 is 0 Å². The highest BCUT2D eigenvalue weighted by atomic mass is 16.3. The molecule has 2 heteroatoms. The summed E-state index contributed by atoms with van der Waals surface area (Å²) in [5.41, 5.74) is 12.1. The van der Waals surface area contributed by atoms with Crippen LogP contribution in [0.5, 0.6) is 0 Å². The Labute approximate surface area is 279 Å². The molecule has 8 aromatic carbocycles. The molecule has 9 aromatic rings. The van der Waals surface area contributed by atoms with Crippen molar-refractivity contribution in [1.29, 1.82) is 0 Å². The Balaban J connectivity index is 1.29. The lowest BCUT2D eigenvalue weighted by Crippen LogP contribution is -2.12. The Morgan fingerprint density at radius 1 is 0.354 bits per heavy atom. The molecule has 0 aliphatic rings. The third-order valence-electron chi connectivity index (χ3n) is 9.28. The molecule has 0 aliphatic carbocycles. The first-order valence-electron chi connectivity index (χ1n) is 16.4. The highest BCUT2D eigenvalue weighted by Gasteiger charge is 2.22. The van der Waals surface area contributed by atoms with E-state index in [1.54, 1.807) is 0 Å². The minimum atomic E-state index is 0.886. The molecule has 0 atom stereocenters. The zero-order chi connectivity index (χ0) is 31.9. The Morgan fingerprint density at radius 3 is 1.71 bits per heavy atom. The molecule has 48 heavy (non-hydrogen) atoms. The van der Waals surface area contributed by atoms with Crippen molar-refractivity contribution in [3.63, 3.8) is 0 Å². The van der Waals surface area contributed by atoms with Crippen LogP contribution < -0.4 is 4.90 Å². The monoisotopic (exact) mass is 613 g/mol. The van der Waals surface area contributed by atoms with E-state index in [0.717, 1.165) is 55.5 Å². The minimum Gasteiger partial charge on any atom is -0.455 e. The maximum absolute atomic E-state index is 6.62. The number of rotatable bonds is 6. The van der Waals surface area contributed by atoms with Gasteiger partial charge in [-0.1, -0.05) is 152 Å². The van der Waals surface area contributed by atoms with Crippen LogP contribution in [0.1, 0.15) is 0 Å². The van der Waals surface area contributed by atoms with E-state index in [1.807, 2.05) is 0 Å². The van der Waals surface area contributed by atoms with E-state index >= 15 is 0 Å². The molecule has 0 unspecified atom stereocenters. The van der Waals surface area contributed by atoms with Crippen molar-refractivity contribution in [3.8, 4) is 33.4 Å². The van der Waals surface area contributed by atoms with Gasteiger partial charge in [-0.3, -0.25) is 0 Å². The Hall–Kier alpha value is -6.38. The Bertz CT molecular complexity index is 2550. The second-order valence-electron chi connectivity index (χ2n) is 12.1. The molecular formula is C46H31NO.